The Labute approximate surface area is 337 Å². The molecule has 3 aliphatic heterocycles. The zero-order valence-electron chi connectivity index (χ0n) is 33.8. The third-order valence-electron chi connectivity index (χ3n) is 11.5. The molecule has 3 unspecified atom stereocenters. The van der Waals surface area contributed by atoms with Crippen molar-refractivity contribution >= 4 is 23.7 Å². The van der Waals surface area contributed by atoms with Crippen molar-refractivity contribution in [3.8, 4) is 5.75 Å². The summed E-state index contributed by atoms with van der Waals surface area (Å²) in [5, 5.41) is 46.1. The Morgan fingerprint density at radius 1 is 0.895 bits per heavy atom. The Bertz CT molecular complexity index is 1540. The Hall–Kier alpha value is -3.95. The van der Waals surface area contributed by atoms with Gasteiger partial charge in [-0.1, -0.05) is 89.1 Å². The molecule has 2 aromatic carbocycles. The summed E-state index contributed by atoms with van der Waals surface area (Å²) in [5.74, 6) is 0.145. The van der Waals surface area contributed by atoms with Crippen LogP contribution < -0.4 is 15.4 Å². The number of fused-ring (bicyclic) bond motifs is 1. The number of urea groups is 2. The van der Waals surface area contributed by atoms with Crippen LogP contribution in [0.3, 0.4) is 0 Å². The number of amides is 5. The zero-order valence-corrected chi connectivity index (χ0v) is 33.8. The van der Waals surface area contributed by atoms with E-state index in [1.807, 2.05) is 41.0 Å². The third-order valence-corrected chi connectivity index (χ3v) is 11.5. The SMILES string of the molecule is C1CCCCC1.CCCCN(CCC)C(=O)[C@@H](Cc1ccc(O[C@H]2OC(CO)[C@@H](O)C(O)C2O)cc1)NC(=O)N1CCC(N2CCc3ccccc3NC2=O)CC1. The number of anilines is 1. The average molecular weight is 796 g/mol. The highest BCUT2D eigenvalue weighted by atomic mass is 16.7. The van der Waals surface area contributed by atoms with Crippen molar-refractivity contribution in [1.82, 2.24) is 20.0 Å². The number of ether oxygens (including phenoxy) is 2. The molecular weight excluding hydrogens is 730 g/mol. The minimum Gasteiger partial charge on any atom is -0.462 e. The van der Waals surface area contributed by atoms with E-state index < -0.39 is 43.4 Å². The molecule has 4 aliphatic rings. The van der Waals surface area contributed by atoms with Crippen molar-refractivity contribution in [1.29, 1.82) is 0 Å². The number of unbranched alkanes of at least 4 members (excludes halogenated alkanes) is 1. The highest BCUT2D eigenvalue weighted by molar-refractivity contribution is 5.91. The minimum atomic E-state index is -1.56. The van der Waals surface area contributed by atoms with Crippen molar-refractivity contribution in [2.45, 2.75) is 140 Å². The second-order valence-electron chi connectivity index (χ2n) is 15.7. The average Bonchev–Trinajstić information content (AvgIpc) is 3.41. The Balaban J connectivity index is 0.000000944. The number of hydrogen-bond donors (Lipinski definition) is 6. The highest BCUT2D eigenvalue weighted by Gasteiger charge is 2.44. The van der Waals surface area contributed by atoms with Gasteiger partial charge in [0.15, 0.2) is 0 Å². The lowest BCUT2D eigenvalue weighted by molar-refractivity contribution is -0.277. The maximum absolute atomic E-state index is 14.0. The molecule has 1 saturated carbocycles. The van der Waals surface area contributed by atoms with Crippen molar-refractivity contribution in [3.63, 3.8) is 0 Å². The van der Waals surface area contributed by atoms with Crippen LogP contribution in [0, 0.1) is 0 Å². The van der Waals surface area contributed by atoms with Crippen LogP contribution in [0.5, 0.6) is 5.75 Å². The normalized spacial score (nSPS) is 24.5. The van der Waals surface area contributed by atoms with Crippen LogP contribution in [0.1, 0.15) is 95.6 Å². The number of carbonyl (C=O) groups excluding carboxylic acids is 3. The number of hydrogen-bond acceptors (Lipinski definition) is 9. The van der Waals surface area contributed by atoms with Gasteiger partial charge in [0.2, 0.25) is 12.2 Å². The molecule has 0 bridgehead atoms. The summed E-state index contributed by atoms with van der Waals surface area (Å²) in [4.78, 5) is 46.2. The molecule has 6 atom stereocenters. The van der Waals surface area contributed by atoms with Crippen molar-refractivity contribution in [3.05, 3.63) is 59.7 Å². The van der Waals surface area contributed by atoms with Gasteiger partial charge >= 0.3 is 12.1 Å². The van der Waals surface area contributed by atoms with Gasteiger partial charge in [0.25, 0.3) is 0 Å². The van der Waals surface area contributed by atoms with Gasteiger partial charge in [0, 0.05) is 50.9 Å². The predicted octanol–water partition coefficient (Wildman–Crippen LogP) is 4.42. The number of benzene rings is 2. The summed E-state index contributed by atoms with van der Waals surface area (Å²) < 4.78 is 11.2. The van der Waals surface area contributed by atoms with E-state index in [2.05, 4.69) is 17.6 Å². The molecule has 0 spiro atoms. The number of piperidine rings is 1. The van der Waals surface area contributed by atoms with E-state index in [-0.39, 0.29) is 30.4 Å². The van der Waals surface area contributed by atoms with Gasteiger partial charge in [-0.15, -0.1) is 0 Å². The number of para-hydroxylation sites is 1. The van der Waals surface area contributed by atoms with Crippen LogP contribution in [0.15, 0.2) is 48.5 Å². The number of nitrogens with one attached hydrogen (secondary N) is 2. The molecule has 3 heterocycles. The molecule has 57 heavy (non-hydrogen) atoms. The number of aliphatic hydroxyl groups excluding tert-OH is 4. The van der Waals surface area contributed by atoms with Crippen LogP contribution in [0.4, 0.5) is 15.3 Å². The van der Waals surface area contributed by atoms with Crippen LogP contribution in [0.25, 0.3) is 0 Å². The monoisotopic (exact) mass is 795 g/mol. The first kappa shape index (κ1) is 44.2. The van der Waals surface area contributed by atoms with E-state index in [4.69, 9.17) is 9.47 Å². The first-order chi connectivity index (χ1) is 27.6. The van der Waals surface area contributed by atoms with E-state index in [1.165, 1.54) is 38.5 Å². The fourth-order valence-corrected chi connectivity index (χ4v) is 8.03. The quantitative estimate of drug-likeness (QED) is 0.171. The van der Waals surface area contributed by atoms with Gasteiger partial charge in [0.1, 0.15) is 36.2 Å². The first-order valence-corrected chi connectivity index (χ1v) is 21.2. The summed E-state index contributed by atoms with van der Waals surface area (Å²) in [6, 6.07) is 13.3. The summed E-state index contributed by atoms with van der Waals surface area (Å²) >= 11 is 0. The fourth-order valence-electron chi connectivity index (χ4n) is 8.03. The summed E-state index contributed by atoms with van der Waals surface area (Å²) in [5.41, 5.74) is 2.70. The van der Waals surface area contributed by atoms with Gasteiger partial charge in [-0.3, -0.25) is 4.79 Å². The first-order valence-electron chi connectivity index (χ1n) is 21.2. The van der Waals surface area contributed by atoms with E-state index in [1.54, 1.807) is 29.2 Å². The Kier molecular flexibility index (Phi) is 17.3. The van der Waals surface area contributed by atoms with Gasteiger partial charge in [-0.05, 0) is 61.4 Å². The van der Waals surface area contributed by atoms with Crippen LogP contribution in [-0.4, -0.2) is 135 Å². The molecule has 1 aliphatic carbocycles. The lowest BCUT2D eigenvalue weighted by atomic mass is 9.99. The Morgan fingerprint density at radius 3 is 2.19 bits per heavy atom. The minimum absolute atomic E-state index is 0.00130. The molecule has 5 amide bonds. The van der Waals surface area contributed by atoms with Crippen LogP contribution >= 0.6 is 0 Å². The van der Waals surface area contributed by atoms with Gasteiger partial charge in [0.05, 0.1) is 6.61 Å². The molecule has 6 N–H and O–H groups in total. The van der Waals surface area contributed by atoms with Crippen molar-refractivity contribution in [2.24, 2.45) is 0 Å². The standard InChI is InChI=1S/C37H53N5O9.C6H12/c1-3-5-18-40(17-4-2)34(47)29(22-24-10-12-27(13-11-24)50-35-33(46)32(45)31(44)30(23-43)51-35)39-36(48)41-19-15-26(16-20-41)42-21-14-25-8-6-7-9-28(25)38-37(42)49;1-2-4-6-5-3-1/h6-13,26,29-33,35,43-46H,3-5,14-23H2,1-2H3,(H,38,49)(H,39,48);1-6H2/t29-,30?,31-,32?,33?,35+;/m1./s1. The van der Waals surface area contributed by atoms with E-state index in [9.17, 15) is 34.8 Å². The van der Waals surface area contributed by atoms with E-state index in [0.29, 0.717) is 51.3 Å². The molecule has 2 aromatic rings. The largest absolute Gasteiger partial charge is 0.462 e. The van der Waals surface area contributed by atoms with E-state index in [0.717, 1.165) is 42.5 Å². The number of likely N-dealkylation sites (tertiary alicyclic amines) is 1. The summed E-state index contributed by atoms with van der Waals surface area (Å²) in [7, 11) is 0. The molecule has 2 saturated heterocycles. The smallest absolute Gasteiger partial charge is 0.322 e. The lowest BCUT2D eigenvalue weighted by Crippen LogP contribution is -2.60. The number of rotatable bonds is 13. The van der Waals surface area contributed by atoms with Crippen LogP contribution in [0.2, 0.25) is 0 Å². The van der Waals surface area contributed by atoms with Crippen LogP contribution in [-0.2, 0) is 22.4 Å². The molecule has 14 nitrogen and oxygen atoms in total. The van der Waals surface area contributed by atoms with Crippen molar-refractivity contribution < 1.29 is 44.3 Å². The second kappa shape index (κ2) is 22.3. The molecular formula is C43H65N5O9. The van der Waals surface area contributed by atoms with E-state index >= 15 is 0 Å². The third kappa shape index (κ3) is 12.3. The highest BCUT2D eigenvalue weighted by Crippen LogP contribution is 2.27. The van der Waals surface area contributed by atoms with Gasteiger partial charge in [-0.2, -0.15) is 0 Å². The number of carbonyl (C=O) groups is 3. The molecule has 14 heteroatoms. The number of aliphatic hydroxyl groups is 4. The zero-order chi connectivity index (χ0) is 40.7. The maximum Gasteiger partial charge on any atom is 0.322 e. The molecule has 6 rings (SSSR count). The number of nitrogens with zero attached hydrogens (tertiary/aromatic N) is 3. The topological polar surface area (TPSA) is 184 Å². The van der Waals surface area contributed by atoms with Crippen molar-refractivity contribution in [2.75, 3.05) is 44.6 Å². The second-order valence-corrected chi connectivity index (χ2v) is 15.7. The predicted molar refractivity (Wildman–Crippen MR) is 217 cm³/mol. The summed E-state index contributed by atoms with van der Waals surface area (Å²) in [6.45, 7) is 6.19. The Morgan fingerprint density at radius 2 is 1.56 bits per heavy atom. The fraction of sp³-hybridized carbons (Fsp3) is 0.651. The lowest BCUT2D eigenvalue weighted by Gasteiger charge is -2.39. The molecule has 0 aromatic heterocycles. The maximum atomic E-state index is 14.0. The molecule has 316 valence electrons. The molecule has 0 radical (unpaired) electrons. The molecule has 3 fully saturated rings. The van der Waals surface area contributed by atoms with Gasteiger partial charge in [-0.25, -0.2) is 9.59 Å². The summed E-state index contributed by atoms with van der Waals surface area (Å²) in [6.07, 6.45) is 6.77. The van der Waals surface area contributed by atoms with Gasteiger partial charge < -0.3 is 55.2 Å².